The van der Waals surface area contributed by atoms with Crippen LogP contribution in [-0.4, -0.2) is 46.7 Å². The molecule has 0 aromatic heterocycles. The van der Waals surface area contributed by atoms with Gasteiger partial charge in [0.25, 0.3) is 0 Å². The van der Waals surface area contributed by atoms with E-state index in [1.165, 1.54) is 0 Å². The van der Waals surface area contributed by atoms with Crippen LogP contribution in [0.2, 0.25) is 0 Å². The second-order valence-electron chi connectivity index (χ2n) is 5.22. The largest absolute Gasteiger partial charge is 0.480 e. The van der Waals surface area contributed by atoms with Crippen LogP contribution in [-0.2, 0) is 9.53 Å². The van der Waals surface area contributed by atoms with E-state index in [0.29, 0.717) is 11.8 Å². The number of alkyl halides is 2. The Bertz CT molecular complexity index is 320. The summed E-state index contributed by atoms with van der Waals surface area (Å²) < 4.78 is 30.6. The van der Waals surface area contributed by atoms with Crippen molar-refractivity contribution >= 4 is 12.1 Å². The van der Waals surface area contributed by atoms with E-state index in [9.17, 15) is 18.4 Å². The minimum atomic E-state index is -3.18. The van der Waals surface area contributed by atoms with Crippen molar-refractivity contribution in [3.8, 4) is 0 Å². The van der Waals surface area contributed by atoms with Crippen molar-refractivity contribution < 1.29 is 28.2 Å². The van der Waals surface area contributed by atoms with Crippen molar-refractivity contribution in [2.75, 3.05) is 7.05 Å². The van der Waals surface area contributed by atoms with Gasteiger partial charge in [0.15, 0.2) is 0 Å². The van der Waals surface area contributed by atoms with E-state index >= 15 is 0 Å². The lowest BCUT2D eigenvalue weighted by molar-refractivity contribution is -0.146. The van der Waals surface area contributed by atoms with Crippen molar-refractivity contribution in [1.82, 2.24) is 4.90 Å². The van der Waals surface area contributed by atoms with Crippen LogP contribution < -0.4 is 0 Å². The highest BCUT2D eigenvalue weighted by Crippen LogP contribution is 2.22. The lowest BCUT2D eigenvalue weighted by Crippen LogP contribution is -2.47. The molecule has 0 saturated heterocycles. The third kappa shape index (κ3) is 6.36. The summed E-state index contributed by atoms with van der Waals surface area (Å²) in [5.74, 6) is -4.68. The predicted octanol–water partition coefficient (Wildman–Crippen LogP) is 2.35. The Morgan fingerprint density at radius 1 is 1.28 bits per heavy atom. The molecule has 5 nitrogen and oxygen atoms in total. The van der Waals surface area contributed by atoms with Crippen molar-refractivity contribution in [1.29, 1.82) is 0 Å². The smallest absolute Gasteiger partial charge is 0.410 e. The first-order valence-electron chi connectivity index (χ1n) is 5.40. The molecule has 106 valence electrons. The first kappa shape index (κ1) is 16.6. The Hall–Kier alpha value is -1.40. The number of carbonyl (C=O) groups excluding carboxylic acids is 1. The first-order chi connectivity index (χ1) is 7.83. The molecule has 1 N–H and O–H groups in total. The van der Waals surface area contributed by atoms with E-state index in [1.54, 1.807) is 20.8 Å². The fourth-order valence-corrected chi connectivity index (χ4v) is 1.19. The molecule has 0 aliphatic carbocycles. The Balaban J connectivity index is 4.83. The van der Waals surface area contributed by atoms with Crippen LogP contribution >= 0.6 is 0 Å². The average Bonchev–Trinajstić information content (AvgIpc) is 2.08. The fourth-order valence-electron chi connectivity index (χ4n) is 1.19. The SMILES string of the molecule is CN(C(=O)OC(C)(C)C)C(CC(C)(F)F)C(=O)O. The summed E-state index contributed by atoms with van der Waals surface area (Å²) in [6.07, 6.45) is -1.91. The molecule has 18 heavy (non-hydrogen) atoms. The van der Waals surface area contributed by atoms with Crippen LogP contribution in [0.25, 0.3) is 0 Å². The van der Waals surface area contributed by atoms with Gasteiger partial charge in [0.2, 0.25) is 5.92 Å². The van der Waals surface area contributed by atoms with Crippen LogP contribution in [0.1, 0.15) is 34.1 Å². The number of rotatable bonds is 4. The quantitative estimate of drug-likeness (QED) is 0.849. The molecule has 1 atom stereocenters. The first-order valence-corrected chi connectivity index (χ1v) is 5.40. The standard InChI is InChI=1S/C11H19F2NO4/c1-10(2,3)18-9(17)14(5)7(8(15)16)6-11(4,12)13/h7H,6H2,1-5H3,(H,15,16). The van der Waals surface area contributed by atoms with Gasteiger partial charge in [-0.15, -0.1) is 0 Å². The Morgan fingerprint density at radius 3 is 2.00 bits per heavy atom. The van der Waals surface area contributed by atoms with Crippen molar-refractivity contribution in [3.05, 3.63) is 0 Å². The summed E-state index contributed by atoms with van der Waals surface area (Å²) >= 11 is 0. The lowest BCUT2D eigenvalue weighted by Gasteiger charge is -2.29. The summed E-state index contributed by atoms with van der Waals surface area (Å²) in [6, 6.07) is -1.63. The van der Waals surface area contributed by atoms with Gasteiger partial charge in [0.05, 0.1) is 0 Å². The number of hydrogen-bond acceptors (Lipinski definition) is 3. The summed E-state index contributed by atoms with van der Waals surface area (Å²) in [5.41, 5.74) is -0.816. The number of carboxylic acids is 1. The van der Waals surface area contributed by atoms with E-state index in [2.05, 4.69) is 0 Å². The van der Waals surface area contributed by atoms with E-state index in [0.717, 1.165) is 7.05 Å². The molecular weight excluding hydrogens is 248 g/mol. The molecular formula is C11H19F2NO4. The maximum atomic E-state index is 12.9. The van der Waals surface area contributed by atoms with Gasteiger partial charge in [-0.1, -0.05) is 0 Å². The zero-order chi connectivity index (χ0) is 14.7. The molecule has 0 aromatic rings. The van der Waals surface area contributed by atoms with Crippen LogP contribution in [0.5, 0.6) is 0 Å². The molecule has 1 unspecified atom stereocenters. The number of carbonyl (C=O) groups is 2. The Morgan fingerprint density at radius 2 is 1.72 bits per heavy atom. The van der Waals surface area contributed by atoms with E-state index < -0.39 is 36.0 Å². The molecule has 0 heterocycles. The average molecular weight is 267 g/mol. The van der Waals surface area contributed by atoms with E-state index in [4.69, 9.17) is 9.84 Å². The number of ether oxygens (including phenoxy) is 1. The summed E-state index contributed by atoms with van der Waals surface area (Å²) in [5, 5.41) is 8.87. The third-order valence-corrected chi connectivity index (χ3v) is 1.99. The molecule has 0 saturated carbocycles. The topological polar surface area (TPSA) is 66.8 Å². The van der Waals surface area contributed by atoms with Crippen LogP contribution in [0.15, 0.2) is 0 Å². The molecule has 0 aliphatic heterocycles. The second-order valence-corrected chi connectivity index (χ2v) is 5.22. The number of hydrogen-bond donors (Lipinski definition) is 1. The molecule has 1 amide bonds. The number of nitrogens with zero attached hydrogens (tertiary/aromatic N) is 1. The number of likely N-dealkylation sites (N-methyl/N-ethyl adjacent to an activating group) is 1. The van der Waals surface area contributed by atoms with Crippen LogP contribution in [0, 0.1) is 0 Å². The van der Waals surface area contributed by atoms with Crippen LogP contribution in [0.3, 0.4) is 0 Å². The molecule has 0 rings (SSSR count). The summed E-state index contributed by atoms with van der Waals surface area (Å²) in [7, 11) is 1.12. The van der Waals surface area contributed by atoms with Gasteiger partial charge in [-0.05, 0) is 27.7 Å². The van der Waals surface area contributed by atoms with Gasteiger partial charge < -0.3 is 9.84 Å². The molecule has 0 bridgehead atoms. The molecule has 0 spiro atoms. The number of halogens is 2. The third-order valence-electron chi connectivity index (χ3n) is 1.99. The number of carboxylic acid groups (broad SMARTS) is 1. The zero-order valence-electron chi connectivity index (χ0n) is 11.2. The number of aliphatic carboxylic acids is 1. The van der Waals surface area contributed by atoms with Gasteiger partial charge in [-0.3, -0.25) is 4.90 Å². The van der Waals surface area contributed by atoms with Gasteiger partial charge >= 0.3 is 12.1 Å². The van der Waals surface area contributed by atoms with Gasteiger partial charge in [-0.2, -0.15) is 0 Å². The molecule has 7 heteroatoms. The van der Waals surface area contributed by atoms with Gasteiger partial charge in [0.1, 0.15) is 11.6 Å². The second kappa shape index (κ2) is 5.49. The van der Waals surface area contributed by atoms with Crippen molar-refractivity contribution in [2.24, 2.45) is 0 Å². The zero-order valence-corrected chi connectivity index (χ0v) is 11.2. The predicted molar refractivity (Wildman–Crippen MR) is 60.7 cm³/mol. The van der Waals surface area contributed by atoms with Crippen molar-refractivity contribution in [2.45, 2.75) is 51.7 Å². The molecule has 0 fully saturated rings. The Labute approximate surface area is 105 Å². The van der Waals surface area contributed by atoms with Gasteiger partial charge in [-0.25, -0.2) is 18.4 Å². The summed E-state index contributed by atoms with van der Waals surface area (Å²) in [4.78, 5) is 23.2. The maximum Gasteiger partial charge on any atom is 0.410 e. The highest BCUT2D eigenvalue weighted by molar-refractivity contribution is 5.80. The summed E-state index contributed by atoms with van der Waals surface area (Å²) in [6.45, 7) is 5.40. The maximum absolute atomic E-state index is 12.9. The van der Waals surface area contributed by atoms with Crippen molar-refractivity contribution in [3.63, 3.8) is 0 Å². The van der Waals surface area contributed by atoms with Crippen LogP contribution in [0.4, 0.5) is 13.6 Å². The normalized spacial score (nSPS) is 13.9. The number of amides is 1. The van der Waals surface area contributed by atoms with Gasteiger partial charge in [0, 0.05) is 13.5 Å². The van der Waals surface area contributed by atoms with E-state index in [-0.39, 0.29) is 0 Å². The highest BCUT2D eigenvalue weighted by atomic mass is 19.3. The minimum Gasteiger partial charge on any atom is -0.480 e. The molecule has 0 radical (unpaired) electrons. The van der Waals surface area contributed by atoms with E-state index in [1.807, 2.05) is 0 Å². The molecule has 0 aliphatic rings. The molecule has 0 aromatic carbocycles. The highest BCUT2D eigenvalue weighted by Gasteiger charge is 2.37. The lowest BCUT2D eigenvalue weighted by atomic mass is 10.1. The minimum absolute atomic E-state index is 0.603. The Kier molecular flexibility index (Phi) is 5.07. The fraction of sp³-hybridized carbons (Fsp3) is 0.818. The monoisotopic (exact) mass is 267 g/mol.